The SMILES string of the molecule is CCC(C)N(SC)c1ccc2cc(-c3nc4cc(C(=O)N5C6CCC5C(NC)C6)cc(OC)n4c3C)n(CC3CC3)c2n1. The van der Waals surface area contributed by atoms with Crippen molar-refractivity contribution >= 4 is 40.4 Å². The summed E-state index contributed by atoms with van der Waals surface area (Å²) in [5.74, 6) is 2.36. The van der Waals surface area contributed by atoms with Crippen LogP contribution in [0.2, 0.25) is 0 Å². The molecule has 1 aliphatic carbocycles. The van der Waals surface area contributed by atoms with Gasteiger partial charge in [-0.15, -0.1) is 0 Å². The molecule has 1 saturated carbocycles. The van der Waals surface area contributed by atoms with Gasteiger partial charge in [-0.1, -0.05) is 18.9 Å². The Morgan fingerprint density at radius 1 is 1.19 bits per heavy atom. The van der Waals surface area contributed by atoms with Crippen LogP contribution in [0.25, 0.3) is 28.1 Å². The van der Waals surface area contributed by atoms with E-state index in [1.807, 2.05) is 23.6 Å². The first-order valence-electron chi connectivity index (χ1n) is 15.8. The molecule has 228 valence electrons. The zero-order valence-electron chi connectivity index (χ0n) is 26.1. The fraction of sp³-hybridized carbons (Fsp3) is 0.545. The van der Waals surface area contributed by atoms with Gasteiger partial charge in [0, 0.05) is 54.0 Å². The number of fused-ring (bicyclic) bond motifs is 4. The van der Waals surface area contributed by atoms with Crippen molar-refractivity contribution in [2.24, 2.45) is 5.92 Å². The highest BCUT2D eigenvalue weighted by Crippen LogP contribution is 2.40. The number of anilines is 1. The van der Waals surface area contributed by atoms with Crippen molar-refractivity contribution in [2.75, 3.05) is 24.7 Å². The number of hydrogen-bond acceptors (Lipinski definition) is 7. The molecule has 1 amide bonds. The summed E-state index contributed by atoms with van der Waals surface area (Å²) in [5.41, 5.74) is 5.34. The van der Waals surface area contributed by atoms with E-state index in [2.05, 4.69) is 64.3 Å². The zero-order valence-corrected chi connectivity index (χ0v) is 26.9. The average molecular weight is 602 g/mol. The number of ether oxygens (including phenoxy) is 1. The van der Waals surface area contributed by atoms with E-state index >= 15 is 0 Å². The predicted molar refractivity (Wildman–Crippen MR) is 174 cm³/mol. The molecule has 2 aliphatic heterocycles. The van der Waals surface area contributed by atoms with Gasteiger partial charge >= 0.3 is 0 Å². The number of carbonyl (C=O) groups excluding carboxylic acids is 1. The molecule has 4 aromatic heterocycles. The van der Waals surface area contributed by atoms with Crippen molar-refractivity contribution in [3.8, 4) is 17.3 Å². The van der Waals surface area contributed by atoms with E-state index in [1.165, 1.54) is 12.8 Å². The number of carbonyl (C=O) groups is 1. The third kappa shape index (κ3) is 4.68. The van der Waals surface area contributed by atoms with Crippen LogP contribution in [0.3, 0.4) is 0 Å². The van der Waals surface area contributed by atoms with Crippen molar-refractivity contribution in [1.82, 2.24) is 29.2 Å². The minimum atomic E-state index is 0.0764. The van der Waals surface area contributed by atoms with Gasteiger partial charge in [0.25, 0.3) is 5.91 Å². The van der Waals surface area contributed by atoms with E-state index in [0.29, 0.717) is 35.5 Å². The largest absolute Gasteiger partial charge is 0.482 e. The monoisotopic (exact) mass is 601 g/mol. The van der Waals surface area contributed by atoms with Crippen molar-refractivity contribution in [1.29, 1.82) is 0 Å². The second-order valence-corrected chi connectivity index (χ2v) is 13.4. The molecule has 2 saturated heterocycles. The molecule has 4 atom stereocenters. The Morgan fingerprint density at radius 2 is 2.00 bits per heavy atom. The lowest BCUT2D eigenvalue weighted by atomic mass is 9.96. The first kappa shape index (κ1) is 28.5. The molecule has 6 heterocycles. The van der Waals surface area contributed by atoms with Crippen LogP contribution in [-0.4, -0.2) is 74.3 Å². The number of nitrogens with one attached hydrogen (secondary N) is 1. The molecular formula is C33H43N7O2S. The fourth-order valence-electron chi connectivity index (χ4n) is 7.40. The minimum Gasteiger partial charge on any atom is -0.482 e. The number of aryl methyl sites for hydroxylation is 1. The number of amides is 1. The molecule has 4 unspecified atom stereocenters. The highest BCUT2D eigenvalue weighted by Gasteiger charge is 2.48. The van der Waals surface area contributed by atoms with E-state index in [4.69, 9.17) is 14.7 Å². The van der Waals surface area contributed by atoms with Crippen molar-refractivity contribution in [3.05, 3.63) is 41.6 Å². The quantitative estimate of drug-likeness (QED) is 0.226. The predicted octanol–water partition coefficient (Wildman–Crippen LogP) is 5.93. The van der Waals surface area contributed by atoms with Crippen LogP contribution in [0.5, 0.6) is 5.88 Å². The number of imidazole rings is 1. The van der Waals surface area contributed by atoms with Gasteiger partial charge in [0.2, 0.25) is 0 Å². The minimum absolute atomic E-state index is 0.0764. The molecule has 4 aromatic rings. The van der Waals surface area contributed by atoms with Crippen LogP contribution in [0.4, 0.5) is 5.82 Å². The topological polar surface area (TPSA) is 79.9 Å². The van der Waals surface area contributed by atoms with Crippen LogP contribution >= 0.6 is 11.9 Å². The van der Waals surface area contributed by atoms with Gasteiger partial charge in [0.1, 0.15) is 22.8 Å². The molecule has 43 heavy (non-hydrogen) atoms. The van der Waals surface area contributed by atoms with Crippen molar-refractivity contribution in [3.63, 3.8) is 0 Å². The number of nitrogens with zero attached hydrogens (tertiary/aromatic N) is 6. The number of methoxy groups -OCH3 is 1. The van der Waals surface area contributed by atoms with Crippen LogP contribution in [0.1, 0.15) is 68.4 Å². The molecule has 7 rings (SSSR count). The number of pyridine rings is 2. The summed E-state index contributed by atoms with van der Waals surface area (Å²) in [4.78, 5) is 26.4. The van der Waals surface area contributed by atoms with E-state index in [0.717, 1.165) is 71.8 Å². The van der Waals surface area contributed by atoms with Gasteiger partial charge in [-0.05, 0) is 89.6 Å². The second-order valence-electron chi connectivity index (χ2n) is 12.6. The van der Waals surface area contributed by atoms with E-state index < -0.39 is 0 Å². The molecule has 0 spiro atoms. The standard InChI is InChI=1S/C33H43N7O2S/c1-7-19(2)40(43-6)28-13-10-22-14-27(37(32(22)36-28)18-21-8-9-21)31-20(3)38-29(35-31)15-23(16-30(38)42-5)33(41)39-24-11-12-26(39)25(17-24)34-4/h10,13-16,19,21,24-26,34H,7-9,11-12,17-18H2,1-6H3. The smallest absolute Gasteiger partial charge is 0.254 e. The first-order chi connectivity index (χ1) is 20.9. The van der Waals surface area contributed by atoms with Gasteiger partial charge in [0.15, 0.2) is 5.88 Å². The van der Waals surface area contributed by atoms with Gasteiger partial charge in [-0.3, -0.25) is 13.5 Å². The summed E-state index contributed by atoms with van der Waals surface area (Å²) in [6, 6.07) is 11.7. The summed E-state index contributed by atoms with van der Waals surface area (Å²) in [7, 11) is 3.67. The average Bonchev–Trinajstić information content (AvgIpc) is 3.34. The molecule has 2 bridgehead atoms. The van der Waals surface area contributed by atoms with Crippen molar-refractivity contribution < 1.29 is 9.53 Å². The normalized spacial score (nSPS) is 22.2. The van der Waals surface area contributed by atoms with Gasteiger partial charge in [-0.2, -0.15) is 0 Å². The summed E-state index contributed by atoms with van der Waals surface area (Å²) in [5, 5.41) is 4.54. The number of likely N-dealkylation sites (N-methyl/N-ethyl adjacent to an activating group) is 1. The fourth-order valence-corrected chi connectivity index (χ4v) is 8.20. The maximum absolute atomic E-state index is 13.9. The van der Waals surface area contributed by atoms with E-state index in [-0.39, 0.29) is 11.9 Å². The Morgan fingerprint density at radius 3 is 2.67 bits per heavy atom. The van der Waals surface area contributed by atoms with Crippen LogP contribution in [0.15, 0.2) is 30.3 Å². The first-order valence-corrected chi connectivity index (χ1v) is 17.0. The maximum Gasteiger partial charge on any atom is 0.254 e. The maximum atomic E-state index is 13.9. The van der Waals surface area contributed by atoms with Crippen LogP contribution in [0, 0.1) is 12.8 Å². The van der Waals surface area contributed by atoms with Gasteiger partial charge in [0.05, 0.1) is 18.5 Å². The Labute approximate surface area is 258 Å². The van der Waals surface area contributed by atoms with Crippen LogP contribution < -0.4 is 14.4 Å². The molecule has 3 fully saturated rings. The van der Waals surface area contributed by atoms with Gasteiger partial charge < -0.3 is 19.5 Å². The summed E-state index contributed by atoms with van der Waals surface area (Å²) in [6.07, 6.45) is 8.82. The number of aromatic nitrogens is 4. The van der Waals surface area contributed by atoms with E-state index in [9.17, 15) is 4.79 Å². The summed E-state index contributed by atoms with van der Waals surface area (Å²) < 4.78 is 12.6. The van der Waals surface area contributed by atoms with Crippen molar-refractivity contribution in [2.45, 2.75) is 90.0 Å². The molecule has 10 heteroatoms. The molecule has 1 N–H and O–H groups in total. The molecule has 0 radical (unpaired) electrons. The highest BCUT2D eigenvalue weighted by atomic mass is 32.2. The Hall–Kier alpha value is -3.24. The lowest BCUT2D eigenvalue weighted by Gasteiger charge is -2.26. The number of rotatable bonds is 10. The molecule has 9 nitrogen and oxygen atoms in total. The van der Waals surface area contributed by atoms with Gasteiger partial charge in [-0.25, -0.2) is 9.97 Å². The highest BCUT2D eigenvalue weighted by molar-refractivity contribution is 8.00. The second kappa shape index (κ2) is 11.0. The lowest BCUT2D eigenvalue weighted by molar-refractivity contribution is 0.0723. The number of hydrogen-bond donors (Lipinski definition) is 1. The lowest BCUT2D eigenvalue weighted by Crippen LogP contribution is -2.41. The summed E-state index contributed by atoms with van der Waals surface area (Å²) in [6.45, 7) is 7.48. The molecule has 0 aromatic carbocycles. The Balaban J connectivity index is 1.33. The molecular weight excluding hydrogens is 558 g/mol. The zero-order chi connectivity index (χ0) is 30.0. The third-order valence-corrected chi connectivity index (χ3v) is 11.0. The third-order valence-electron chi connectivity index (χ3n) is 10.0. The van der Waals surface area contributed by atoms with E-state index in [1.54, 1.807) is 19.1 Å². The summed E-state index contributed by atoms with van der Waals surface area (Å²) >= 11 is 1.72. The Bertz CT molecular complexity index is 1690. The van der Waals surface area contributed by atoms with Crippen LogP contribution in [-0.2, 0) is 6.54 Å². The molecule has 3 aliphatic rings. The Kier molecular flexibility index (Phi) is 7.32.